The number of nitrogens with zero attached hydrogens (tertiary/aromatic N) is 1. The van der Waals surface area contributed by atoms with E-state index in [2.05, 4.69) is 16.4 Å². The molecule has 2 heterocycles. The lowest BCUT2D eigenvalue weighted by Gasteiger charge is -2.20. The third-order valence-corrected chi connectivity index (χ3v) is 2.69. The van der Waals surface area contributed by atoms with E-state index in [4.69, 9.17) is 0 Å². The molecule has 0 spiro atoms. The van der Waals surface area contributed by atoms with Gasteiger partial charge in [-0.3, -0.25) is 4.98 Å². The molecule has 1 aromatic rings. The summed E-state index contributed by atoms with van der Waals surface area (Å²) in [6.45, 7) is 3.63. The summed E-state index contributed by atoms with van der Waals surface area (Å²) in [5.41, 5.74) is 1.71. The number of rotatable bonds is 2. The molecule has 2 N–H and O–H groups in total. The predicted octanol–water partition coefficient (Wildman–Crippen LogP) is 0.657. The molecule has 1 aromatic heterocycles. The first-order valence-electron chi connectivity index (χ1n) is 5.02. The Hall–Kier alpha value is -0.930. The van der Waals surface area contributed by atoms with Crippen LogP contribution in [-0.2, 0) is 6.42 Å². The van der Waals surface area contributed by atoms with Gasteiger partial charge in [-0.05, 0) is 31.0 Å². The van der Waals surface area contributed by atoms with Crippen molar-refractivity contribution in [3.8, 4) is 0 Å². The normalized spacial score (nSPS) is 26.7. The molecule has 1 fully saturated rings. The van der Waals surface area contributed by atoms with Gasteiger partial charge in [0.2, 0.25) is 0 Å². The summed E-state index contributed by atoms with van der Waals surface area (Å²) in [5.74, 6) is 0. The highest BCUT2D eigenvalue weighted by molar-refractivity contribution is 5.19. The molecule has 1 unspecified atom stereocenters. The maximum absolute atomic E-state index is 10.1. The van der Waals surface area contributed by atoms with Crippen molar-refractivity contribution in [2.75, 3.05) is 13.1 Å². The van der Waals surface area contributed by atoms with Crippen LogP contribution in [0.3, 0.4) is 0 Å². The molecule has 0 amide bonds. The summed E-state index contributed by atoms with van der Waals surface area (Å²) in [6.07, 6.45) is 5.21. The molecule has 0 saturated carbocycles. The van der Waals surface area contributed by atoms with E-state index >= 15 is 0 Å². The van der Waals surface area contributed by atoms with Crippen LogP contribution in [0.15, 0.2) is 18.5 Å². The molecule has 3 heteroatoms. The van der Waals surface area contributed by atoms with Gasteiger partial charge >= 0.3 is 0 Å². The van der Waals surface area contributed by atoms with Crippen LogP contribution in [0.2, 0.25) is 0 Å². The van der Waals surface area contributed by atoms with Gasteiger partial charge in [-0.15, -0.1) is 0 Å². The van der Waals surface area contributed by atoms with Crippen molar-refractivity contribution in [3.63, 3.8) is 0 Å². The maximum atomic E-state index is 10.1. The zero-order valence-electron chi connectivity index (χ0n) is 8.45. The van der Waals surface area contributed by atoms with Crippen LogP contribution in [0.1, 0.15) is 17.5 Å². The largest absolute Gasteiger partial charge is 0.388 e. The van der Waals surface area contributed by atoms with Crippen LogP contribution in [0.25, 0.3) is 0 Å². The minimum atomic E-state index is -0.560. The van der Waals surface area contributed by atoms with Crippen molar-refractivity contribution >= 4 is 0 Å². The molecule has 1 saturated heterocycles. The van der Waals surface area contributed by atoms with Gasteiger partial charge in [-0.2, -0.15) is 0 Å². The van der Waals surface area contributed by atoms with E-state index in [0.717, 1.165) is 24.1 Å². The minimum absolute atomic E-state index is 0.560. The molecule has 3 nitrogen and oxygen atoms in total. The highest BCUT2D eigenvalue weighted by atomic mass is 16.3. The lowest BCUT2D eigenvalue weighted by molar-refractivity contribution is 0.0618. The summed E-state index contributed by atoms with van der Waals surface area (Å²) < 4.78 is 0. The number of pyridine rings is 1. The smallest absolute Gasteiger partial charge is 0.0824 e. The molecule has 14 heavy (non-hydrogen) atoms. The van der Waals surface area contributed by atoms with Crippen molar-refractivity contribution in [1.82, 2.24) is 10.3 Å². The fourth-order valence-electron chi connectivity index (χ4n) is 1.98. The first-order valence-corrected chi connectivity index (χ1v) is 5.02. The average Bonchev–Trinajstić information content (AvgIpc) is 2.51. The van der Waals surface area contributed by atoms with E-state index < -0.39 is 5.60 Å². The number of hydrogen-bond donors (Lipinski definition) is 2. The third kappa shape index (κ3) is 2.11. The number of nitrogens with one attached hydrogen (secondary N) is 1. The molecule has 1 aliphatic rings. The Kier molecular flexibility index (Phi) is 2.52. The molecule has 0 radical (unpaired) electrons. The van der Waals surface area contributed by atoms with Crippen LogP contribution in [-0.4, -0.2) is 28.8 Å². The Morgan fingerprint density at radius 3 is 3.07 bits per heavy atom. The number of β-amino-alcohol motifs (C(OH)–C–C–N with tert-alkyl or cyclic N) is 1. The van der Waals surface area contributed by atoms with Crippen molar-refractivity contribution in [2.45, 2.75) is 25.4 Å². The Morgan fingerprint density at radius 2 is 2.43 bits per heavy atom. The van der Waals surface area contributed by atoms with Gasteiger partial charge in [0.15, 0.2) is 0 Å². The van der Waals surface area contributed by atoms with Crippen LogP contribution >= 0.6 is 0 Å². The van der Waals surface area contributed by atoms with Gasteiger partial charge in [0.05, 0.1) is 5.60 Å². The summed E-state index contributed by atoms with van der Waals surface area (Å²) in [5, 5.41) is 13.3. The van der Waals surface area contributed by atoms with E-state index in [1.807, 2.05) is 19.3 Å². The zero-order valence-corrected chi connectivity index (χ0v) is 8.45. The Balaban J connectivity index is 2.10. The topological polar surface area (TPSA) is 45.2 Å². The first kappa shape index (κ1) is 9.62. The maximum Gasteiger partial charge on any atom is 0.0824 e. The van der Waals surface area contributed by atoms with E-state index in [1.165, 1.54) is 0 Å². The van der Waals surface area contributed by atoms with E-state index in [9.17, 15) is 5.11 Å². The molecule has 1 atom stereocenters. The number of aliphatic hydroxyl groups is 1. The highest BCUT2D eigenvalue weighted by Gasteiger charge is 2.30. The molecule has 2 rings (SSSR count). The standard InChI is InChI=1S/C11H16N2O/c1-9-4-10(7-13-6-9)5-11(14)2-3-12-8-11/h4,6-7,12,14H,2-3,5,8H2,1H3. The van der Waals surface area contributed by atoms with Crippen LogP contribution in [0.4, 0.5) is 0 Å². The van der Waals surface area contributed by atoms with Crippen molar-refractivity contribution in [1.29, 1.82) is 0 Å². The van der Waals surface area contributed by atoms with Gasteiger partial charge in [-0.25, -0.2) is 0 Å². The average molecular weight is 192 g/mol. The van der Waals surface area contributed by atoms with Crippen molar-refractivity contribution in [3.05, 3.63) is 29.6 Å². The molecular weight excluding hydrogens is 176 g/mol. The lowest BCUT2D eigenvalue weighted by Crippen LogP contribution is -2.33. The Bertz CT molecular complexity index is 319. The van der Waals surface area contributed by atoms with Gasteiger partial charge < -0.3 is 10.4 Å². The SMILES string of the molecule is Cc1cncc(CC2(O)CCNC2)c1. The monoisotopic (exact) mass is 192 g/mol. The van der Waals surface area contributed by atoms with Gasteiger partial charge in [0.1, 0.15) is 0 Å². The van der Waals surface area contributed by atoms with Gasteiger partial charge in [0, 0.05) is 25.4 Å². The highest BCUT2D eigenvalue weighted by Crippen LogP contribution is 2.20. The number of aromatic nitrogens is 1. The van der Waals surface area contributed by atoms with Gasteiger partial charge in [-0.1, -0.05) is 6.07 Å². The van der Waals surface area contributed by atoms with E-state index in [0.29, 0.717) is 13.0 Å². The Labute approximate surface area is 84.2 Å². The van der Waals surface area contributed by atoms with Crippen molar-refractivity contribution in [2.24, 2.45) is 0 Å². The predicted molar refractivity (Wildman–Crippen MR) is 55.1 cm³/mol. The summed E-state index contributed by atoms with van der Waals surface area (Å²) in [4.78, 5) is 4.13. The molecular formula is C11H16N2O. The summed E-state index contributed by atoms with van der Waals surface area (Å²) in [6, 6.07) is 2.09. The molecule has 0 bridgehead atoms. The van der Waals surface area contributed by atoms with Gasteiger partial charge in [0.25, 0.3) is 0 Å². The Morgan fingerprint density at radius 1 is 1.57 bits per heavy atom. The second-order valence-electron chi connectivity index (χ2n) is 4.20. The quantitative estimate of drug-likeness (QED) is 0.723. The van der Waals surface area contributed by atoms with E-state index in [1.54, 1.807) is 0 Å². The zero-order chi connectivity index (χ0) is 10.0. The lowest BCUT2D eigenvalue weighted by atomic mass is 9.94. The second-order valence-corrected chi connectivity index (χ2v) is 4.20. The van der Waals surface area contributed by atoms with Crippen LogP contribution in [0.5, 0.6) is 0 Å². The molecule has 0 aliphatic carbocycles. The minimum Gasteiger partial charge on any atom is -0.388 e. The second kappa shape index (κ2) is 3.67. The molecule has 0 aromatic carbocycles. The summed E-state index contributed by atoms with van der Waals surface area (Å²) in [7, 11) is 0. The first-order chi connectivity index (χ1) is 6.68. The van der Waals surface area contributed by atoms with Crippen LogP contribution < -0.4 is 5.32 Å². The van der Waals surface area contributed by atoms with Crippen LogP contribution in [0, 0.1) is 6.92 Å². The number of aryl methyl sites for hydroxylation is 1. The third-order valence-electron chi connectivity index (χ3n) is 2.69. The number of hydrogen-bond acceptors (Lipinski definition) is 3. The van der Waals surface area contributed by atoms with E-state index in [-0.39, 0.29) is 0 Å². The fraction of sp³-hybridized carbons (Fsp3) is 0.545. The van der Waals surface area contributed by atoms with Crippen molar-refractivity contribution < 1.29 is 5.11 Å². The molecule has 1 aliphatic heterocycles. The summed E-state index contributed by atoms with van der Waals surface area (Å²) >= 11 is 0. The fourth-order valence-corrected chi connectivity index (χ4v) is 1.98. The molecule has 76 valence electrons.